The second kappa shape index (κ2) is 8.65. The number of nitrogens with zero attached hydrogens (tertiary/aromatic N) is 2. The number of nitrogens with one attached hydrogen (secondary N) is 1. The Hall–Kier alpha value is -1.58. The smallest absolute Gasteiger partial charge is 0.272 e. The fourth-order valence-corrected chi connectivity index (χ4v) is 1.97. The highest BCUT2D eigenvalue weighted by molar-refractivity contribution is 5.92. The Kier molecular flexibility index (Phi) is 7.20. The first-order valence-corrected chi connectivity index (χ1v) is 7.87. The van der Waals surface area contributed by atoms with Gasteiger partial charge in [0.1, 0.15) is 5.69 Å². The molecule has 1 aromatic heterocycles. The lowest BCUT2D eigenvalue weighted by Crippen LogP contribution is -2.34. The molecule has 0 radical (unpaired) electrons. The lowest BCUT2D eigenvalue weighted by Gasteiger charge is -2.24. The van der Waals surface area contributed by atoms with Gasteiger partial charge in [0, 0.05) is 20.1 Å². The van der Waals surface area contributed by atoms with Crippen LogP contribution in [0.15, 0.2) is 18.3 Å². The molecule has 4 nitrogen and oxygen atoms in total. The summed E-state index contributed by atoms with van der Waals surface area (Å²) >= 11 is 0. The molecule has 0 saturated carbocycles. The standard InChI is InChI=1S/C17H29N3O/c1-13(2)8-10-20(11-9-14(3)4)17(21)16-7-6-15(18-5)12-19-16/h6-7,12-14,18H,8-11H2,1-5H3. The summed E-state index contributed by atoms with van der Waals surface area (Å²) in [6.07, 6.45) is 3.76. The molecule has 0 aromatic carbocycles. The van der Waals surface area contributed by atoms with Crippen LogP contribution in [-0.2, 0) is 0 Å². The van der Waals surface area contributed by atoms with Gasteiger partial charge in [0.25, 0.3) is 5.91 Å². The van der Waals surface area contributed by atoms with Crippen molar-refractivity contribution in [3.8, 4) is 0 Å². The highest BCUT2D eigenvalue weighted by atomic mass is 16.2. The number of amides is 1. The van der Waals surface area contributed by atoms with Crippen LogP contribution in [0.3, 0.4) is 0 Å². The summed E-state index contributed by atoms with van der Waals surface area (Å²) in [4.78, 5) is 18.8. The van der Waals surface area contributed by atoms with Crippen molar-refractivity contribution in [1.82, 2.24) is 9.88 Å². The van der Waals surface area contributed by atoms with E-state index in [1.807, 2.05) is 18.0 Å². The zero-order valence-corrected chi connectivity index (χ0v) is 14.0. The average molecular weight is 291 g/mol. The van der Waals surface area contributed by atoms with Crippen LogP contribution >= 0.6 is 0 Å². The lowest BCUT2D eigenvalue weighted by atomic mass is 10.1. The fraction of sp³-hybridized carbons (Fsp3) is 0.647. The number of carbonyl (C=O) groups excluding carboxylic acids is 1. The number of pyridine rings is 1. The van der Waals surface area contributed by atoms with Gasteiger partial charge >= 0.3 is 0 Å². The Bertz CT molecular complexity index is 414. The summed E-state index contributed by atoms with van der Waals surface area (Å²) in [5.74, 6) is 1.23. The minimum absolute atomic E-state index is 0.0407. The van der Waals surface area contributed by atoms with Crippen molar-refractivity contribution in [2.24, 2.45) is 11.8 Å². The first-order valence-electron chi connectivity index (χ1n) is 7.87. The summed E-state index contributed by atoms with van der Waals surface area (Å²) in [5, 5.41) is 3.02. The summed E-state index contributed by atoms with van der Waals surface area (Å²) in [6.45, 7) is 10.4. The number of aromatic nitrogens is 1. The van der Waals surface area contributed by atoms with E-state index in [2.05, 4.69) is 38.0 Å². The number of hydrogen-bond donors (Lipinski definition) is 1. The number of rotatable bonds is 8. The molecule has 0 aliphatic heterocycles. The van der Waals surface area contributed by atoms with E-state index in [0.29, 0.717) is 17.5 Å². The molecule has 0 unspecified atom stereocenters. The Balaban J connectivity index is 2.75. The zero-order valence-electron chi connectivity index (χ0n) is 14.0. The van der Waals surface area contributed by atoms with Crippen molar-refractivity contribution in [3.63, 3.8) is 0 Å². The Labute approximate surface area is 129 Å². The van der Waals surface area contributed by atoms with Gasteiger partial charge in [-0.2, -0.15) is 0 Å². The minimum Gasteiger partial charge on any atom is -0.387 e. The van der Waals surface area contributed by atoms with Crippen molar-refractivity contribution in [2.75, 3.05) is 25.5 Å². The predicted octanol–water partition coefficient (Wildman–Crippen LogP) is 3.66. The molecule has 1 rings (SSSR count). The van der Waals surface area contributed by atoms with E-state index < -0.39 is 0 Å². The van der Waals surface area contributed by atoms with Crippen LogP contribution in [0.2, 0.25) is 0 Å². The third-order valence-electron chi connectivity index (χ3n) is 3.51. The second-order valence-corrected chi connectivity index (χ2v) is 6.34. The van der Waals surface area contributed by atoms with Gasteiger partial charge in [-0.1, -0.05) is 27.7 Å². The number of anilines is 1. The van der Waals surface area contributed by atoms with E-state index in [1.54, 1.807) is 12.3 Å². The summed E-state index contributed by atoms with van der Waals surface area (Å²) in [6, 6.07) is 3.69. The topological polar surface area (TPSA) is 45.2 Å². The number of carbonyl (C=O) groups is 1. The molecule has 0 atom stereocenters. The van der Waals surface area contributed by atoms with Crippen LogP contribution in [0, 0.1) is 11.8 Å². The Morgan fingerprint density at radius 3 is 2.10 bits per heavy atom. The monoisotopic (exact) mass is 291 g/mol. The van der Waals surface area contributed by atoms with E-state index in [0.717, 1.165) is 31.6 Å². The van der Waals surface area contributed by atoms with Crippen LogP contribution in [0.4, 0.5) is 5.69 Å². The quantitative estimate of drug-likeness (QED) is 0.795. The van der Waals surface area contributed by atoms with Crippen LogP contribution in [0.1, 0.15) is 51.0 Å². The normalized spacial score (nSPS) is 11.0. The molecule has 1 N–H and O–H groups in total. The molecule has 1 aromatic rings. The molecule has 0 saturated heterocycles. The molecular formula is C17H29N3O. The molecule has 21 heavy (non-hydrogen) atoms. The summed E-state index contributed by atoms with van der Waals surface area (Å²) < 4.78 is 0. The molecule has 0 aliphatic carbocycles. The SMILES string of the molecule is CNc1ccc(C(=O)N(CCC(C)C)CCC(C)C)nc1. The molecule has 0 bridgehead atoms. The molecule has 1 amide bonds. The van der Waals surface area contributed by atoms with Crippen molar-refractivity contribution >= 4 is 11.6 Å². The Morgan fingerprint density at radius 2 is 1.71 bits per heavy atom. The van der Waals surface area contributed by atoms with Crippen LogP contribution in [-0.4, -0.2) is 35.9 Å². The second-order valence-electron chi connectivity index (χ2n) is 6.34. The van der Waals surface area contributed by atoms with Crippen LogP contribution in [0.5, 0.6) is 0 Å². The molecule has 0 spiro atoms. The molecule has 0 aliphatic rings. The van der Waals surface area contributed by atoms with Gasteiger partial charge in [0.15, 0.2) is 0 Å². The fourth-order valence-electron chi connectivity index (χ4n) is 1.97. The van der Waals surface area contributed by atoms with Crippen molar-refractivity contribution < 1.29 is 4.79 Å². The summed E-state index contributed by atoms with van der Waals surface area (Å²) in [5.41, 5.74) is 1.45. The van der Waals surface area contributed by atoms with E-state index in [1.165, 1.54) is 0 Å². The van der Waals surface area contributed by atoms with E-state index in [-0.39, 0.29) is 5.91 Å². The third kappa shape index (κ3) is 6.15. The summed E-state index contributed by atoms with van der Waals surface area (Å²) in [7, 11) is 1.84. The first kappa shape index (κ1) is 17.5. The van der Waals surface area contributed by atoms with Crippen molar-refractivity contribution in [1.29, 1.82) is 0 Å². The largest absolute Gasteiger partial charge is 0.387 e. The van der Waals surface area contributed by atoms with E-state index in [4.69, 9.17) is 0 Å². The minimum atomic E-state index is 0.0407. The van der Waals surface area contributed by atoms with Gasteiger partial charge in [0.2, 0.25) is 0 Å². The zero-order chi connectivity index (χ0) is 15.8. The van der Waals surface area contributed by atoms with E-state index >= 15 is 0 Å². The predicted molar refractivity (Wildman–Crippen MR) is 88.6 cm³/mol. The Morgan fingerprint density at radius 1 is 1.14 bits per heavy atom. The third-order valence-corrected chi connectivity index (χ3v) is 3.51. The van der Waals surface area contributed by atoms with Crippen LogP contribution in [0.25, 0.3) is 0 Å². The lowest BCUT2D eigenvalue weighted by molar-refractivity contribution is 0.0735. The first-order chi connectivity index (χ1) is 9.93. The van der Waals surface area contributed by atoms with Gasteiger partial charge < -0.3 is 10.2 Å². The van der Waals surface area contributed by atoms with Gasteiger partial charge in [-0.15, -0.1) is 0 Å². The highest BCUT2D eigenvalue weighted by Crippen LogP contribution is 2.12. The maximum atomic E-state index is 12.6. The van der Waals surface area contributed by atoms with Gasteiger partial charge in [-0.25, -0.2) is 4.98 Å². The van der Waals surface area contributed by atoms with E-state index in [9.17, 15) is 4.79 Å². The van der Waals surface area contributed by atoms with Crippen LogP contribution < -0.4 is 5.32 Å². The maximum absolute atomic E-state index is 12.6. The maximum Gasteiger partial charge on any atom is 0.272 e. The molecule has 0 fully saturated rings. The molecular weight excluding hydrogens is 262 g/mol. The molecule has 4 heteroatoms. The van der Waals surface area contributed by atoms with Crippen molar-refractivity contribution in [2.45, 2.75) is 40.5 Å². The van der Waals surface area contributed by atoms with Gasteiger partial charge in [-0.3, -0.25) is 4.79 Å². The van der Waals surface area contributed by atoms with Gasteiger partial charge in [0.05, 0.1) is 11.9 Å². The average Bonchev–Trinajstić information content (AvgIpc) is 2.46. The molecule has 118 valence electrons. The number of hydrogen-bond acceptors (Lipinski definition) is 3. The van der Waals surface area contributed by atoms with Crippen molar-refractivity contribution in [3.05, 3.63) is 24.0 Å². The highest BCUT2D eigenvalue weighted by Gasteiger charge is 2.17. The van der Waals surface area contributed by atoms with Gasteiger partial charge in [-0.05, 0) is 36.8 Å². The molecule has 1 heterocycles.